The summed E-state index contributed by atoms with van der Waals surface area (Å²) in [6.07, 6.45) is 6.88. The van der Waals surface area contributed by atoms with Crippen LogP contribution in [0.4, 0.5) is 0 Å². The SMILES string of the molecule is OCC1(c2nc(-c3ccncc3)cs2)CCC1. The predicted molar refractivity (Wildman–Crippen MR) is 68.0 cm³/mol. The van der Waals surface area contributed by atoms with Crippen molar-refractivity contribution in [2.24, 2.45) is 0 Å². The molecule has 0 unspecified atom stereocenters. The molecule has 0 bridgehead atoms. The number of nitrogens with zero attached hydrogens (tertiary/aromatic N) is 2. The van der Waals surface area contributed by atoms with Gasteiger partial charge in [0, 0.05) is 28.8 Å². The molecule has 1 fully saturated rings. The van der Waals surface area contributed by atoms with Crippen molar-refractivity contribution in [3.05, 3.63) is 34.9 Å². The lowest BCUT2D eigenvalue weighted by Crippen LogP contribution is -2.37. The van der Waals surface area contributed by atoms with Gasteiger partial charge in [0.15, 0.2) is 0 Å². The first-order chi connectivity index (χ1) is 8.34. The Balaban J connectivity index is 1.93. The minimum atomic E-state index is -0.0457. The van der Waals surface area contributed by atoms with Crippen LogP contribution in [0.3, 0.4) is 0 Å². The lowest BCUT2D eigenvalue weighted by atomic mass is 9.70. The van der Waals surface area contributed by atoms with Crippen LogP contribution in [0.1, 0.15) is 24.3 Å². The van der Waals surface area contributed by atoms with Crippen molar-refractivity contribution in [3.63, 3.8) is 0 Å². The minimum absolute atomic E-state index is 0.0457. The summed E-state index contributed by atoms with van der Waals surface area (Å²) in [6.45, 7) is 0.219. The van der Waals surface area contributed by atoms with Gasteiger partial charge in [-0.25, -0.2) is 4.98 Å². The Morgan fingerprint density at radius 1 is 1.29 bits per heavy atom. The van der Waals surface area contributed by atoms with E-state index >= 15 is 0 Å². The summed E-state index contributed by atoms with van der Waals surface area (Å²) in [5, 5.41) is 12.7. The van der Waals surface area contributed by atoms with E-state index in [1.165, 1.54) is 6.42 Å². The van der Waals surface area contributed by atoms with E-state index in [2.05, 4.69) is 15.3 Å². The average Bonchev–Trinajstić information content (AvgIpc) is 2.80. The molecule has 2 aromatic heterocycles. The molecule has 1 saturated carbocycles. The van der Waals surface area contributed by atoms with Crippen LogP contribution in [0.15, 0.2) is 29.9 Å². The summed E-state index contributed by atoms with van der Waals surface area (Å²) < 4.78 is 0. The van der Waals surface area contributed by atoms with Crippen LogP contribution >= 0.6 is 11.3 Å². The molecule has 0 aliphatic heterocycles. The summed E-state index contributed by atoms with van der Waals surface area (Å²) in [5.74, 6) is 0. The average molecular weight is 246 g/mol. The zero-order valence-electron chi connectivity index (χ0n) is 9.47. The molecule has 0 radical (unpaired) electrons. The van der Waals surface area contributed by atoms with Gasteiger partial charge in [-0.3, -0.25) is 4.98 Å². The summed E-state index contributed by atoms with van der Waals surface area (Å²) in [4.78, 5) is 8.68. The molecule has 2 heterocycles. The molecule has 17 heavy (non-hydrogen) atoms. The Hall–Kier alpha value is -1.26. The largest absolute Gasteiger partial charge is 0.395 e. The number of aromatic nitrogens is 2. The Bertz CT molecular complexity index is 500. The molecule has 1 aliphatic carbocycles. The summed E-state index contributed by atoms with van der Waals surface area (Å²) in [5.41, 5.74) is 2.04. The van der Waals surface area contributed by atoms with Crippen molar-refractivity contribution < 1.29 is 5.11 Å². The lowest BCUT2D eigenvalue weighted by molar-refractivity contribution is 0.120. The first kappa shape index (κ1) is 10.9. The standard InChI is InChI=1S/C13H14N2OS/c16-9-13(4-1-5-13)12-15-11(8-17-12)10-2-6-14-7-3-10/h2-3,6-8,16H,1,4-5,9H2. The van der Waals surface area contributed by atoms with Crippen LogP contribution in [-0.2, 0) is 5.41 Å². The second kappa shape index (κ2) is 4.20. The molecule has 2 aromatic rings. The van der Waals surface area contributed by atoms with E-state index in [9.17, 15) is 5.11 Å². The van der Waals surface area contributed by atoms with E-state index in [1.54, 1.807) is 23.7 Å². The van der Waals surface area contributed by atoms with Crippen LogP contribution < -0.4 is 0 Å². The van der Waals surface area contributed by atoms with E-state index in [0.29, 0.717) is 0 Å². The highest BCUT2D eigenvalue weighted by atomic mass is 32.1. The third-order valence-corrected chi connectivity index (χ3v) is 4.64. The molecule has 0 aromatic carbocycles. The molecule has 0 spiro atoms. The normalized spacial score (nSPS) is 17.7. The van der Waals surface area contributed by atoms with Crippen LogP contribution in [0.25, 0.3) is 11.3 Å². The van der Waals surface area contributed by atoms with E-state index in [0.717, 1.165) is 29.1 Å². The number of rotatable bonds is 3. The Morgan fingerprint density at radius 3 is 2.65 bits per heavy atom. The summed E-state index contributed by atoms with van der Waals surface area (Å²) >= 11 is 1.66. The van der Waals surface area contributed by atoms with Gasteiger partial charge in [0.1, 0.15) is 5.01 Å². The van der Waals surface area contributed by atoms with Gasteiger partial charge in [-0.2, -0.15) is 0 Å². The molecule has 1 aliphatic rings. The van der Waals surface area contributed by atoms with Crippen LogP contribution in [-0.4, -0.2) is 21.7 Å². The monoisotopic (exact) mass is 246 g/mol. The zero-order chi connectivity index (χ0) is 11.7. The van der Waals surface area contributed by atoms with Crippen LogP contribution in [0, 0.1) is 0 Å². The highest BCUT2D eigenvalue weighted by Crippen LogP contribution is 2.45. The molecular weight excluding hydrogens is 232 g/mol. The third-order valence-electron chi connectivity index (χ3n) is 3.55. The Morgan fingerprint density at radius 2 is 2.06 bits per heavy atom. The van der Waals surface area contributed by atoms with Crippen LogP contribution in [0.5, 0.6) is 0 Å². The van der Waals surface area contributed by atoms with Gasteiger partial charge in [0.05, 0.1) is 12.3 Å². The van der Waals surface area contributed by atoms with E-state index in [1.807, 2.05) is 12.1 Å². The van der Waals surface area contributed by atoms with Gasteiger partial charge in [-0.15, -0.1) is 11.3 Å². The van der Waals surface area contributed by atoms with Crippen molar-refractivity contribution in [1.29, 1.82) is 0 Å². The Kier molecular flexibility index (Phi) is 2.68. The zero-order valence-corrected chi connectivity index (χ0v) is 10.3. The van der Waals surface area contributed by atoms with Crippen molar-refractivity contribution in [2.45, 2.75) is 24.7 Å². The van der Waals surface area contributed by atoms with E-state index in [-0.39, 0.29) is 12.0 Å². The molecule has 1 N–H and O–H groups in total. The maximum atomic E-state index is 9.53. The number of thiazole rings is 1. The fraction of sp³-hybridized carbons (Fsp3) is 0.385. The lowest BCUT2D eigenvalue weighted by Gasteiger charge is -2.38. The molecule has 3 rings (SSSR count). The number of pyridine rings is 1. The molecular formula is C13H14N2OS. The fourth-order valence-electron chi connectivity index (χ4n) is 2.22. The van der Waals surface area contributed by atoms with Gasteiger partial charge >= 0.3 is 0 Å². The van der Waals surface area contributed by atoms with E-state index < -0.39 is 0 Å². The molecule has 4 heteroatoms. The van der Waals surface area contributed by atoms with Gasteiger partial charge in [0.25, 0.3) is 0 Å². The van der Waals surface area contributed by atoms with Gasteiger partial charge in [-0.05, 0) is 25.0 Å². The van der Waals surface area contributed by atoms with Gasteiger partial charge < -0.3 is 5.11 Å². The maximum absolute atomic E-state index is 9.53. The van der Waals surface area contributed by atoms with Crippen LogP contribution in [0.2, 0.25) is 0 Å². The minimum Gasteiger partial charge on any atom is -0.395 e. The maximum Gasteiger partial charge on any atom is 0.102 e. The quantitative estimate of drug-likeness (QED) is 0.905. The first-order valence-electron chi connectivity index (χ1n) is 5.81. The summed E-state index contributed by atoms with van der Waals surface area (Å²) in [7, 11) is 0. The Labute approximate surface area is 104 Å². The molecule has 0 atom stereocenters. The number of hydrogen-bond acceptors (Lipinski definition) is 4. The van der Waals surface area contributed by atoms with Crippen molar-refractivity contribution in [3.8, 4) is 11.3 Å². The highest BCUT2D eigenvalue weighted by molar-refractivity contribution is 7.10. The number of aliphatic hydroxyl groups excluding tert-OH is 1. The first-order valence-corrected chi connectivity index (χ1v) is 6.69. The molecule has 0 saturated heterocycles. The fourth-order valence-corrected chi connectivity index (χ4v) is 3.30. The topological polar surface area (TPSA) is 46.0 Å². The smallest absolute Gasteiger partial charge is 0.102 e. The number of aliphatic hydroxyl groups is 1. The van der Waals surface area contributed by atoms with Gasteiger partial charge in [0.2, 0.25) is 0 Å². The van der Waals surface area contributed by atoms with Crippen molar-refractivity contribution >= 4 is 11.3 Å². The predicted octanol–water partition coefficient (Wildman–Crippen LogP) is 2.62. The van der Waals surface area contributed by atoms with Crippen molar-refractivity contribution in [2.75, 3.05) is 6.61 Å². The second-order valence-corrected chi connectivity index (χ2v) is 5.42. The van der Waals surface area contributed by atoms with Gasteiger partial charge in [-0.1, -0.05) is 6.42 Å². The molecule has 3 nitrogen and oxygen atoms in total. The number of hydrogen-bond donors (Lipinski definition) is 1. The third kappa shape index (κ3) is 1.77. The van der Waals surface area contributed by atoms with E-state index in [4.69, 9.17) is 0 Å². The van der Waals surface area contributed by atoms with Crippen molar-refractivity contribution in [1.82, 2.24) is 9.97 Å². The highest BCUT2D eigenvalue weighted by Gasteiger charge is 2.40. The summed E-state index contributed by atoms with van der Waals surface area (Å²) in [6, 6.07) is 3.93. The molecule has 0 amide bonds. The molecule has 88 valence electrons. The second-order valence-electron chi connectivity index (χ2n) is 4.57.